The van der Waals surface area contributed by atoms with Crippen LogP contribution in [0.2, 0.25) is 0 Å². The molecule has 1 aromatic rings. The predicted molar refractivity (Wildman–Crippen MR) is 86.3 cm³/mol. The van der Waals surface area contributed by atoms with Crippen LogP contribution in [0.5, 0.6) is 5.75 Å². The van der Waals surface area contributed by atoms with Crippen LogP contribution in [0.25, 0.3) is 0 Å². The Labute approximate surface area is 126 Å². The molecule has 20 heavy (non-hydrogen) atoms. The summed E-state index contributed by atoms with van der Waals surface area (Å²) >= 11 is 5.00. The first-order chi connectivity index (χ1) is 9.69. The Balaban J connectivity index is 2.47. The maximum Gasteiger partial charge on any atom is 0.129 e. The highest BCUT2D eigenvalue weighted by Crippen LogP contribution is 2.17. The van der Waals surface area contributed by atoms with Gasteiger partial charge in [-0.05, 0) is 25.1 Å². The Kier molecular flexibility index (Phi) is 8.18. The highest BCUT2D eigenvalue weighted by molar-refractivity contribution is 7.80. The molecule has 0 aromatic heterocycles. The quantitative estimate of drug-likeness (QED) is 0.645. The van der Waals surface area contributed by atoms with Gasteiger partial charge >= 0.3 is 0 Å². The van der Waals surface area contributed by atoms with Gasteiger partial charge in [-0.1, -0.05) is 37.7 Å². The molecule has 0 heterocycles. The number of thiocarbonyl (C=S) groups is 1. The fourth-order valence-electron chi connectivity index (χ4n) is 1.94. The van der Waals surface area contributed by atoms with Crippen molar-refractivity contribution in [1.29, 1.82) is 0 Å². The topological polar surface area (TPSA) is 58.7 Å². The van der Waals surface area contributed by atoms with E-state index in [9.17, 15) is 0 Å². The third kappa shape index (κ3) is 5.86. The molecule has 0 spiro atoms. The lowest BCUT2D eigenvalue weighted by atomic mass is 10.2. The highest BCUT2D eigenvalue weighted by atomic mass is 32.1. The van der Waals surface area contributed by atoms with E-state index in [2.05, 4.69) is 11.8 Å². The molecule has 0 aliphatic rings. The van der Waals surface area contributed by atoms with E-state index in [-0.39, 0.29) is 6.61 Å². The van der Waals surface area contributed by atoms with Crippen molar-refractivity contribution in [2.24, 2.45) is 5.73 Å². The zero-order valence-corrected chi connectivity index (χ0v) is 12.9. The first kappa shape index (κ1) is 16.9. The standard InChI is InChI=1S/C15H24N2O2S/c1-2-3-8-17(9-11-18)10-12-19-14-7-5-4-6-13(14)15(16)20/h4-7,18H,2-3,8-12H2,1H3,(H2,16,20). The van der Waals surface area contributed by atoms with Crippen molar-refractivity contribution >= 4 is 17.2 Å². The van der Waals surface area contributed by atoms with Gasteiger partial charge in [0.25, 0.3) is 0 Å². The van der Waals surface area contributed by atoms with E-state index in [0.717, 1.165) is 37.2 Å². The van der Waals surface area contributed by atoms with Crippen LogP contribution < -0.4 is 10.5 Å². The lowest BCUT2D eigenvalue weighted by Crippen LogP contribution is -2.32. The van der Waals surface area contributed by atoms with Gasteiger partial charge in [0.2, 0.25) is 0 Å². The van der Waals surface area contributed by atoms with E-state index in [1.165, 1.54) is 0 Å². The van der Waals surface area contributed by atoms with Gasteiger partial charge in [-0.15, -0.1) is 0 Å². The number of nitrogens with two attached hydrogens (primary N) is 1. The van der Waals surface area contributed by atoms with E-state index in [4.69, 9.17) is 27.8 Å². The Morgan fingerprint density at radius 1 is 1.30 bits per heavy atom. The van der Waals surface area contributed by atoms with Crippen LogP contribution in [-0.2, 0) is 0 Å². The predicted octanol–water partition coefficient (Wildman–Crippen LogP) is 1.79. The summed E-state index contributed by atoms with van der Waals surface area (Å²) in [6.07, 6.45) is 2.27. The SMILES string of the molecule is CCCCN(CCO)CCOc1ccccc1C(N)=S. The summed E-state index contributed by atoms with van der Waals surface area (Å²) in [7, 11) is 0. The Morgan fingerprint density at radius 2 is 2.05 bits per heavy atom. The maximum atomic E-state index is 9.05. The second-order valence-corrected chi connectivity index (χ2v) is 5.07. The number of para-hydroxylation sites is 1. The Hall–Kier alpha value is -1.17. The van der Waals surface area contributed by atoms with Crippen molar-refractivity contribution in [2.75, 3.05) is 32.8 Å². The van der Waals surface area contributed by atoms with Crippen molar-refractivity contribution in [3.63, 3.8) is 0 Å². The van der Waals surface area contributed by atoms with Crippen molar-refractivity contribution in [2.45, 2.75) is 19.8 Å². The number of unbranched alkanes of at least 4 members (excludes halogenated alkanes) is 1. The summed E-state index contributed by atoms with van der Waals surface area (Å²) in [4.78, 5) is 2.55. The minimum absolute atomic E-state index is 0.174. The van der Waals surface area contributed by atoms with Crippen LogP contribution in [0.15, 0.2) is 24.3 Å². The zero-order chi connectivity index (χ0) is 14.8. The zero-order valence-electron chi connectivity index (χ0n) is 12.0. The summed E-state index contributed by atoms with van der Waals surface area (Å²) in [5, 5.41) is 9.05. The Bertz CT molecular complexity index is 413. The molecule has 0 unspecified atom stereocenters. The summed E-state index contributed by atoms with van der Waals surface area (Å²) < 4.78 is 5.76. The number of hydrogen-bond acceptors (Lipinski definition) is 4. The van der Waals surface area contributed by atoms with Gasteiger partial charge in [0.05, 0.1) is 12.2 Å². The van der Waals surface area contributed by atoms with E-state index >= 15 is 0 Å². The summed E-state index contributed by atoms with van der Waals surface area (Å²) in [5.74, 6) is 0.722. The molecule has 0 saturated heterocycles. The van der Waals surface area contributed by atoms with E-state index in [0.29, 0.717) is 18.1 Å². The highest BCUT2D eigenvalue weighted by Gasteiger charge is 2.07. The molecular formula is C15H24N2O2S. The average Bonchev–Trinajstić information content (AvgIpc) is 2.45. The molecule has 112 valence electrons. The third-order valence-electron chi connectivity index (χ3n) is 3.06. The Morgan fingerprint density at radius 3 is 2.70 bits per heavy atom. The van der Waals surface area contributed by atoms with E-state index in [1.54, 1.807) is 0 Å². The van der Waals surface area contributed by atoms with Gasteiger partial charge in [-0.3, -0.25) is 4.90 Å². The lowest BCUT2D eigenvalue weighted by molar-refractivity contribution is 0.167. The molecule has 0 aliphatic carbocycles. The number of ether oxygens (including phenoxy) is 1. The largest absolute Gasteiger partial charge is 0.492 e. The fourth-order valence-corrected chi connectivity index (χ4v) is 2.11. The minimum Gasteiger partial charge on any atom is -0.492 e. The molecule has 0 amide bonds. The second kappa shape index (κ2) is 9.69. The number of benzene rings is 1. The average molecular weight is 296 g/mol. The van der Waals surface area contributed by atoms with Gasteiger partial charge in [-0.2, -0.15) is 0 Å². The van der Waals surface area contributed by atoms with Crippen molar-refractivity contribution < 1.29 is 9.84 Å². The molecule has 0 atom stereocenters. The van der Waals surface area contributed by atoms with Crippen LogP contribution >= 0.6 is 12.2 Å². The molecule has 3 N–H and O–H groups in total. The van der Waals surface area contributed by atoms with Gasteiger partial charge in [0.1, 0.15) is 17.3 Å². The molecule has 1 rings (SSSR count). The first-order valence-corrected chi connectivity index (χ1v) is 7.44. The molecule has 0 radical (unpaired) electrons. The van der Waals surface area contributed by atoms with E-state index in [1.807, 2.05) is 24.3 Å². The van der Waals surface area contributed by atoms with Crippen molar-refractivity contribution in [3.05, 3.63) is 29.8 Å². The maximum absolute atomic E-state index is 9.05. The van der Waals surface area contributed by atoms with Crippen LogP contribution in [0, 0.1) is 0 Å². The molecule has 0 bridgehead atoms. The molecule has 0 aliphatic heterocycles. The molecule has 1 aromatic carbocycles. The second-order valence-electron chi connectivity index (χ2n) is 4.63. The molecule has 4 nitrogen and oxygen atoms in total. The molecular weight excluding hydrogens is 272 g/mol. The normalized spacial score (nSPS) is 10.8. The molecule has 0 fully saturated rings. The van der Waals surface area contributed by atoms with Crippen LogP contribution in [0.4, 0.5) is 0 Å². The van der Waals surface area contributed by atoms with Gasteiger partial charge < -0.3 is 15.6 Å². The van der Waals surface area contributed by atoms with Crippen LogP contribution in [0.1, 0.15) is 25.3 Å². The van der Waals surface area contributed by atoms with Crippen LogP contribution in [-0.4, -0.2) is 47.8 Å². The van der Waals surface area contributed by atoms with Crippen molar-refractivity contribution in [1.82, 2.24) is 4.90 Å². The van der Waals surface area contributed by atoms with Gasteiger partial charge in [-0.25, -0.2) is 0 Å². The fraction of sp³-hybridized carbons (Fsp3) is 0.533. The minimum atomic E-state index is 0.174. The van der Waals surface area contributed by atoms with Crippen LogP contribution in [0.3, 0.4) is 0 Å². The molecule has 5 heteroatoms. The molecule has 0 saturated carbocycles. The first-order valence-electron chi connectivity index (χ1n) is 7.03. The number of nitrogens with zero attached hydrogens (tertiary/aromatic N) is 1. The summed E-state index contributed by atoms with van der Waals surface area (Å²) in [5.41, 5.74) is 6.44. The number of aliphatic hydroxyl groups is 1. The van der Waals surface area contributed by atoms with E-state index < -0.39 is 0 Å². The summed E-state index contributed by atoms with van der Waals surface area (Å²) in [6.45, 7) is 5.34. The van der Waals surface area contributed by atoms with Crippen molar-refractivity contribution in [3.8, 4) is 5.75 Å². The number of aliphatic hydroxyl groups excluding tert-OH is 1. The third-order valence-corrected chi connectivity index (χ3v) is 3.28. The van der Waals surface area contributed by atoms with Gasteiger partial charge in [0.15, 0.2) is 0 Å². The smallest absolute Gasteiger partial charge is 0.129 e. The monoisotopic (exact) mass is 296 g/mol. The lowest BCUT2D eigenvalue weighted by Gasteiger charge is -2.21. The summed E-state index contributed by atoms with van der Waals surface area (Å²) in [6, 6.07) is 7.53. The number of rotatable bonds is 10. The number of hydrogen-bond donors (Lipinski definition) is 2. The van der Waals surface area contributed by atoms with Gasteiger partial charge in [0, 0.05) is 13.1 Å².